The summed E-state index contributed by atoms with van der Waals surface area (Å²) in [5, 5.41) is 0.827. The van der Waals surface area contributed by atoms with Crippen LogP contribution in [-0.4, -0.2) is 39.4 Å². The van der Waals surface area contributed by atoms with E-state index in [9.17, 15) is 13.2 Å². The van der Waals surface area contributed by atoms with Gasteiger partial charge in [-0.25, -0.2) is 13.1 Å². The average molecular weight is 378 g/mol. The summed E-state index contributed by atoms with van der Waals surface area (Å²) in [6.07, 6.45) is 1.85. The van der Waals surface area contributed by atoms with E-state index < -0.39 is 10.0 Å². The highest BCUT2D eigenvalue weighted by molar-refractivity contribution is 7.89. The lowest BCUT2D eigenvalue weighted by Gasteiger charge is -2.28. The molecular weight excluding hydrogens is 352 g/mol. The quantitative estimate of drug-likeness (QED) is 0.757. The van der Waals surface area contributed by atoms with E-state index in [1.807, 2.05) is 13.0 Å². The van der Waals surface area contributed by atoms with Crippen LogP contribution in [0.4, 0.5) is 0 Å². The van der Waals surface area contributed by atoms with E-state index >= 15 is 0 Å². The maximum atomic E-state index is 12.7. The van der Waals surface area contributed by atoms with E-state index in [2.05, 4.69) is 23.6 Å². The van der Waals surface area contributed by atoms with Crippen LogP contribution in [0.15, 0.2) is 17.0 Å². The van der Waals surface area contributed by atoms with Gasteiger partial charge >= 0.3 is 0 Å². The molecule has 1 aliphatic rings. The Morgan fingerprint density at radius 3 is 2.65 bits per heavy atom. The van der Waals surface area contributed by atoms with Gasteiger partial charge in [0, 0.05) is 42.2 Å². The molecule has 142 valence electrons. The Bertz CT molecular complexity index is 958. The number of carbonyl (C=O) groups is 1. The molecule has 1 heterocycles. The molecule has 0 unspecified atom stereocenters. The molecule has 2 aromatic rings. The van der Waals surface area contributed by atoms with Crippen molar-refractivity contribution in [1.82, 2.24) is 9.71 Å². The first kappa shape index (κ1) is 19.1. The molecule has 0 saturated heterocycles. The number of sulfonamides is 1. The minimum Gasteiger partial charge on any atom is -0.383 e. The molecule has 0 atom stereocenters. The first-order chi connectivity index (χ1) is 12.2. The number of aromatic nitrogens is 1. The maximum absolute atomic E-state index is 12.7. The summed E-state index contributed by atoms with van der Waals surface area (Å²) in [6.45, 7) is 6.59. The fourth-order valence-corrected chi connectivity index (χ4v) is 5.05. The Labute approximate surface area is 154 Å². The second-order valence-corrected chi connectivity index (χ2v) is 9.40. The van der Waals surface area contributed by atoms with Gasteiger partial charge in [-0.15, -0.1) is 0 Å². The molecule has 0 radical (unpaired) electrons. The van der Waals surface area contributed by atoms with Crippen LogP contribution < -0.4 is 4.72 Å². The first-order valence-electron chi connectivity index (χ1n) is 8.88. The van der Waals surface area contributed by atoms with Gasteiger partial charge in [-0.3, -0.25) is 4.79 Å². The number of Topliss-reactive ketones (excluding diaryl/α,β-unsaturated/α-hetero) is 1. The zero-order valence-electron chi connectivity index (χ0n) is 15.7. The van der Waals surface area contributed by atoms with E-state index in [0.717, 1.165) is 23.1 Å². The summed E-state index contributed by atoms with van der Waals surface area (Å²) in [7, 11) is -2.11. The van der Waals surface area contributed by atoms with Gasteiger partial charge in [0.1, 0.15) is 0 Å². The molecule has 0 bridgehead atoms. The summed E-state index contributed by atoms with van der Waals surface area (Å²) in [5.74, 6) is 0.123. The maximum Gasteiger partial charge on any atom is 0.240 e. The molecule has 0 aliphatic heterocycles. The number of benzene rings is 1. The number of methoxy groups -OCH3 is 1. The molecule has 1 aliphatic carbocycles. The lowest BCUT2D eigenvalue weighted by Crippen LogP contribution is -2.28. The highest BCUT2D eigenvalue weighted by atomic mass is 32.2. The number of hydrogen-bond acceptors (Lipinski definition) is 4. The minimum atomic E-state index is -3.64. The molecule has 26 heavy (non-hydrogen) atoms. The number of nitrogens with one attached hydrogen (secondary N) is 2. The summed E-state index contributed by atoms with van der Waals surface area (Å²) in [6, 6.07) is 3.51. The minimum absolute atomic E-state index is 0.0881. The smallest absolute Gasteiger partial charge is 0.240 e. The van der Waals surface area contributed by atoms with Crippen LogP contribution in [0.25, 0.3) is 10.9 Å². The van der Waals surface area contributed by atoms with Crippen molar-refractivity contribution < 1.29 is 17.9 Å². The van der Waals surface area contributed by atoms with Crippen molar-refractivity contribution in [2.75, 3.05) is 20.3 Å². The zero-order chi connectivity index (χ0) is 19.1. The van der Waals surface area contributed by atoms with E-state index in [1.165, 1.54) is 7.11 Å². The lowest BCUT2D eigenvalue weighted by atomic mass is 9.76. The standard InChI is InChI=1S/C19H26N2O4S/c1-5-12-8-13-14(9-17(12)26(23,24)20-6-7-25-4)21-15-10-19(2,3)11-16(22)18(13)15/h8-9,20-21H,5-7,10-11H2,1-4H3. The Morgan fingerprint density at radius 1 is 1.27 bits per heavy atom. The lowest BCUT2D eigenvalue weighted by molar-refractivity contribution is 0.0913. The van der Waals surface area contributed by atoms with Crippen molar-refractivity contribution in [1.29, 1.82) is 0 Å². The number of ketones is 1. The van der Waals surface area contributed by atoms with E-state index in [1.54, 1.807) is 6.07 Å². The van der Waals surface area contributed by atoms with Crippen LogP contribution in [0.5, 0.6) is 0 Å². The summed E-state index contributed by atoms with van der Waals surface area (Å²) in [4.78, 5) is 16.2. The highest BCUT2D eigenvalue weighted by Gasteiger charge is 2.34. The van der Waals surface area contributed by atoms with Gasteiger partial charge in [0.15, 0.2) is 5.78 Å². The van der Waals surface area contributed by atoms with Crippen molar-refractivity contribution >= 4 is 26.7 Å². The fourth-order valence-electron chi connectivity index (χ4n) is 3.72. The van der Waals surface area contributed by atoms with Gasteiger partial charge in [0.2, 0.25) is 10.0 Å². The molecule has 0 spiro atoms. The Balaban J connectivity index is 2.12. The molecule has 0 fully saturated rings. The molecule has 6 nitrogen and oxygen atoms in total. The molecule has 3 rings (SSSR count). The number of hydrogen-bond donors (Lipinski definition) is 2. The molecule has 1 aromatic carbocycles. The van der Waals surface area contributed by atoms with Crippen LogP contribution in [0, 0.1) is 5.41 Å². The van der Waals surface area contributed by atoms with Crippen LogP contribution in [-0.2, 0) is 27.6 Å². The van der Waals surface area contributed by atoms with E-state index in [-0.39, 0.29) is 22.6 Å². The third-order valence-electron chi connectivity index (χ3n) is 4.90. The van der Waals surface area contributed by atoms with Crippen LogP contribution in [0.2, 0.25) is 0 Å². The Hall–Kier alpha value is -1.70. The van der Waals surface area contributed by atoms with E-state index in [4.69, 9.17) is 4.74 Å². The van der Waals surface area contributed by atoms with Crippen molar-refractivity contribution in [2.24, 2.45) is 5.41 Å². The monoisotopic (exact) mass is 378 g/mol. The predicted molar refractivity (Wildman–Crippen MR) is 101 cm³/mol. The summed E-state index contributed by atoms with van der Waals surface area (Å²) in [5.41, 5.74) is 2.96. The normalized spacial score (nSPS) is 16.8. The van der Waals surface area contributed by atoms with Gasteiger partial charge < -0.3 is 9.72 Å². The van der Waals surface area contributed by atoms with Gasteiger partial charge in [0.25, 0.3) is 0 Å². The summed E-state index contributed by atoms with van der Waals surface area (Å²) < 4.78 is 32.9. The largest absolute Gasteiger partial charge is 0.383 e. The second-order valence-electron chi connectivity index (χ2n) is 7.67. The number of carbonyl (C=O) groups excluding carboxylic acids is 1. The van der Waals surface area contributed by atoms with Crippen molar-refractivity contribution in [3.05, 3.63) is 29.0 Å². The van der Waals surface area contributed by atoms with Crippen LogP contribution >= 0.6 is 0 Å². The molecule has 7 heteroatoms. The van der Waals surface area contributed by atoms with Gasteiger partial charge in [-0.1, -0.05) is 20.8 Å². The molecular formula is C19H26N2O4S. The zero-order valence-corrected chi connectivity index (χ0v) is 16.5. The fraction of sp³-hybridized carbons (Fsp3) is 0.526. The average Bonchev–Trinajstić information content (AvgIpc) is 2.89. The number of aromatic amines is 1. The second kappa shape index (κ2) is 6.79. The highest BCUT2D eigenvalue weighted by Crippen LogP contribution is 2.39. The number of ether oxygens (including phenoxy) is 1. The van der Waals surface area contributed by atoms with Gasteiger partial charge in [-0.2, -0.15) is 0 Å². The SMILES string of the molecule is CCc1cc2c3c([nH]c2cc1S(=O)(=O)NCCOC)CC(C)(C)CC3=O. The first-order valence-corrected chi connectivity index (χ1v) is 10.4. The van der Waals surface area contributed by atoms with Crippen molar-refractivity contribution in [3.63, 3.8) is 0 Å². The number of H-pyrrole nitrogens is 1. The van der Waals surface area contributed by atoms with Crippen LogP contribution in [0.1, 0.15) is 48.8 Å². The topological polar surface area (TPSA) is 88.3 Å². The Morgan fingerprint density at radius 2 is 2.00 bits per heavy atom. The summed E-state index contributed by atoms with van der Waals surface area (Å²) >= 11 is 0. The van der Waals surface area contributed by atoms with Gasteiger partial charge in [0.05, 0.1) is 11.5 Å². The molecule has 1 aromatic heterocycles. The number of fused-ring (bicyclic) bond motifs is 3. The predicted octanol–water partition coefficient (Wildman–Crippen LogP) is 2.81. The molecule has 2 N–H and O–H groups in total. The van der Waals surface area contributed by atoms with E-state index in [0.29, 0.717) is 30.5 Å². The number of rotatable bonds is 6. The molecule has 0 amide bonds. The van der Waals surface area contributed by atoms with Crippen molar-refractivity contribution in [2.45, 2.75) is 44.9 Å². The Kier molecular flexibility index (Phi) is 4.98. The molecule has 0 saturated carbocycles. The third kappa shape index (κ3) is 3.43. The van der Waals surface area contributed by atoms with Crippen molar-refractivity contribution in [3.8, 4) is 0 Å². The third-order valence-corrected chi connectivity index (χ3v) is 6.44. The number of aryl methyl sites for hydroxylation is 1. The van der Waals surface area contributed by atoms with Crippen LogP contribution in [0.3, 0.4) is 0 Å². The van der Waals surface area contributed by atoms with Gasteiger partial charge in [-0.05, 0) is 36.0 Å².